The van der Waals surface area contributed by atoms with Crippen LogP contribution in [0.15, 0.2) is 73.6 Å². The molecule has 33 heavy (non-hydrogen) atoms. The molecular formula is C28H33N2O3+. The maximum atomic E-state index is 13.4. The highest BCUT2D eigenvalue weighted by Gasteiger charge is 2.58. The molecule has 0 spiro atoms. The quantitative estimate of drug-likeness (QED) is 0.237. The van der Waals surface area contributed by atoms with E-state index >= 15 is 0 Å². The van der Waals surface area contributed by atoms with E-state index in [0.29, 0.717) is 6.54 Å². The molecule has 5 nitrogen and oxygen atoms in total. The van der Waals surface area contributed by atoms with E-state index in [4.69, 9.17) is 4.74 Å². The Morgan fingerprint density at radius 3 is 2.48 bits per heavy atom. The second-order valence-corrected chi connectivity index (χ2v) is 8.90. The number of carbonyl (C=O) groups excluding carboxylic acids is 2. The summed E-state index contributed by atoms with van der Waals surface area (Å²) >= 11 is 0. The molecule has 2 amide bonds. The molecule has 0 saturated carbocycles. The van der Waals surface area contributed by atoms with E-state index in [2.05, 4.69) is 24.3 Å². The minimum absolute atomic E-state index is 0.157. The van der Waals surface area contributed by atoms with Crippen molar-refractivity contribution in [1.29, 1.82) is 0 Å². The third-order valence-corrected chi connectivity index (χ3v) is 6.55. The molecule has 4 rings (SSSR count). The molecule has 5 heteroatoms. The molecule has 0 aliphatic carbocycles. The van der Waals surface area contributed by atoms with Crippen LogP contribution in [0.3, 0.4) is 0 Å². The highest BCUT2D eigenvalue weighted by Crippen LogP contribution is 2.42. The van der Waals surface area contributed by atoms with Crippen LogP contribution in [0, 0.1) is 11.8 Å². The molecule has 1 aromatic carbocycles. The van der Waals surface area contributed by atoms with Gasteiger partial charge in [-0.2, -0.15) is 0 Å². The summed E-state index contributed by atoms with van der Waals surface area (Å²) in [5, 5.41) is 0. The van der Waals surface area contributed by atoms with Gasteiger partial charge in [-0.1, -0.05) is 68.3 Å². The van der Waals surface area contributed by atoms with Gasteiger partial charge < -0.3 is 4.74 Å². The Hall–Kier alpha value is -3.05. The molecule has 0 N–H and O–H groups in total. The summed E-state index contributed by atoms with van der Waals surface area (Å²) in [5.74, 6) is -1.34. The third-order valence-electron chi connectivity index (χ3n) is 6.55. The number of pyridine rings is 1. The van der Waals surface area contributed by atoms with Crippen molar-refractivity contribution in [3.63, 3.8) is 0 Å². The highest BCUT2D eigenvalue weighted by atomic mass is 16.5. The summed E-state index contributed by atoms with van der Waals surface area (Å²) in [4.78, 5) is 28.0. The summed E-state index contributed by atoms with van der Waals surface area (Å²) in [6.45, 7) is 7.28. The largest absolute Gasteiger partial charge is 0.365 e. The van der Waals surface area contributed by atoms with Crippen molar-refractivity contribution in [2.24, 2.45) is 11.8 Å². The second kappa shape index (κ2) is 10.7. The molecule has 0 radical (unpaired) electrons. The minimum atomic E-state index is -0.509. The molecule has 1 aromatic heterocycles. The highest BCUT2D eigenvalue weighted by molar-refractivity contribution is 6.06. The van der Waals surface area contributed by atoms with Gasteiger partial charge in [0.25, 0.3) is 0 Å². The average Bonchev–Trinajstić information content (AvgIpc) is 3.33. The van der Waals surface area contributed by atoms with Crippen molar-refractivity contribution in [2.45, 2.75) is 57.9 Å². The van der Waals surface area contributed by atoms with E-state index in [-0.39, 0.29) is 11.8 Å². The fourth-order valence-electron chi connectivity index (χ4n) is 4.82. The van der Waals surface area contributed by atoms with E-state index in [9.17, 15) is 9.59 Å². The van der Waals surface area contributed by atoms with Crippen molar-refractivity contribution < 1.29 is 18.9 Å². The predicted octanol–water partition coefficient (Wildman–Crippen LogP) is 4.32. The first kappa shape index (κ1) is 23.1. The van der Waals surface area contributed by atoms with Gasteiger partial charge in [0.15, 0.2) is 12.4 Å². The molecule has 172 valence electrons. The Morgan fingerprint density at radius 2 is 1.76 bits per heavy atom. The lowest BCUT2D eigenvalue weighted by Crippen LogP contribution is -2.37. The van der Waals surface area contributed by atoms with E-state index in [1.807, 2.05) is 60.8 Å². The Labute approximate surface area is 196 Å². The number of ether oxygens (including phenoxy) is 1. The monoisotopic (exact) mass is 445 g/mol. The number of unbranched alkanes of at least 4 members (excludes halogenated alkanes) is 3. The van der Waals surface area contributed by atoms with Gasteiger partial charge in [0.05, 0.1) is 30.6 Å². The standard InChI is InChI=1S/C28H33N2O3/c1-3-5-6-10-17-29-18-11-14-22(19-29)20-30-27(31)25-23(4-2)33-24(26(25)28(30)32)16-15-21-12-8-7-9-13-21/h4,7-9,11-16,18-19,23-26H,2-3,5-6,10,17,20H2,1H3/q+1/b16-15+/t23-,24+,25-,26+/m1/s1. The maximum absolute atomic E-state index is 13.4. The lowest BCUT2D eigenvalue weighted by Gasteiger charge is -2.19. The van der Waals surface area contributed by atoms with Crippen molar-refractivity contribution in [3.05, 3.63) is 84.7 Å². The van der Waals surface area contributed by atoms with Gasteiger partial charge in [-0.25, -0.2) is 4.57 Å². The Morgan fingerprint density at radius 1 is 1.00 bits per heavy atom. The predicted molar refractivity (Wildman–Crippen MR) is 128 cm³/mol. The van der Waals surface area contributed by atoms with E-state index in [1.165, 1.54) is 24.2 Å². The smallest absolute Gasteiger partial charge is 0.236 e. The third kappa shape index (κ3) is 5.14. The number of imide groups is 1. The molecule has 2 aliphatic heterocycles. The van der Waals surface area contributed by atoms with Crippen molar-refractivity contribution in [3.8, 4) is 0 Å². The topological polar surface area (TPSA) is 50.5 Å². The van der Waals surface area contributed by atoms with Gasteiger partial charge in [-0.3, -0.25) is 14.5 Å². The number of amides is 2. The average molecular weight is 446 g/mol. The molecule has 3 heterocycles. The molecule has 2 saturated heterocycles. The van der Waals surface area contributed by atoms with E-state index < -0.39 is 24.0 Å². The lowest BCUT2D eigenvalue weighted by atomic mass is 9.89. The number of carbonyl (C=O) groups is 2. The number of nitrogens with zero attached hydrogens (tertiary/aromatic N) is 2. The zero-order valence-corrected chi connectivity index (χ0v) is 19.3. The minimum Gasteiger partial charge on any atom is -0.365 e. The first-order chi connectivity index (χ1) is 16.1. The molecule has 0 bridgehead atoms. The van der Waals surface area contributed by atoms with Crippen LogP contribution in [0.1, 0.15) is 43.7 Å². The van der Waals surface area contributed by atoms with Crippen LogP contribution < -0.4 is 4.57 Å². The van der Waals surface area contributed by atoms with Gasteiger partial charge in [0.1, 0.15) is 6.54 Å². The first-order valence-electron chi connectivity index (χ1n) is 12.0. The second-order valence-electron chi connectivity index (χ2n) is 8.90. The number of hydrogen-bond acceptors (Lipinski definition) is 3. The van der Waals surface area contributed by atoms with Crippen LogP contribution in [0.2, 0.25) is 0 Å². The van der Waals surface area contributed by atoms with E-state index in [1.54, 1.807) is 6.08 Å². The maximum Gasteiger partial charge on any atom is 0.236 e. The van der Waals surface area contributed by atoms with E-state index in [0.717, 1.165) is 24.1 Å². The first-order valence-corrected chi connectivity index (χ1v) is 12.0. The Kier molecular flexibility index (Phi) is 7.50. The van der Waals surface area contributed by atoms with Gasteiger partial charge in [-0.05, 0) is 18.1 Å². The van der Waals surface area contributed by atoms with Gasteiger partial charge in [0, 0.05) is 18.1 Å². The molecule has 2 aliphatic rings. The fraction of sp³-hybridized carbons (Fsp3) is 0.393. The van der Waals surface area contributed by atoms with Crippen LogP contribution in [-0.4, -0.2) is 28.9 Å². The summed E-state index contributed by atoms with van der Waals surface area (Å²) in [5.41, 5.74) is 1.99. The van der Waals surface area contributed by atoms with Crippen molar-refractivity contribution >= 4 is 17.9 Å². The summed E-state index contributed by atoms with van der Waals surface area (Å²) in [6.07, 6.45) is 13.5. The molecule has 0 unspecified atom stereocenters. The number of aromatic nitrogens is 1. The fourth-order valence-corrected chi connectivity index (χ4v) is 4.82. The Balaban J connectivity index is 1.48. The number of hydrogen-bond donors (Lipinski definition) is 0. The summed E-state index contributed by atoms with van der Waals surface area (Å²) in [6, 6.07) is 13.8. The molecule has 2 fully saturated rings. The Bertz CT molecular complexity index is 1020. The van der Waals surface area contributed by atoms with Crippen LogP contribution in [0.25, 0.3) is 6.08 Å². The van der Waals surface area contributed by atoms with Crippen molar-refractivity contribution in [1.82, 2.24) is 4.90 Å². The summed E-state index contributed by atoms with van der Waals surface area (Å²) < 4.78 is 8.20. The SMILES string of the molecule is C=C[C@H]1O[C@@H](/C=C/c2ccccc2)[C@@H]2C(=O)N(Cc3ccc[n+](CCCCCC)c3)C(=O)[C@@H]21. The van der Waals surface area contributed by atoms with Crippen LogP contribution in [0.5, 0.6) is 0 Å². The molecule has 4 atom stereocenters. The van der Waals surface area contributed by atoms with Crippen molar-refractivity contribution in [2.75, 3.05) is 0 Å². The molecular weight excluding hydrogens is 412 g/mol. The number of fused-ring (bicyclic) bond motifs is 1. The zero-order chi connectivity index (χ0) is 23.2. The van der Waals surface area contributed by atoms with Gasteiger partial charge in [0.2, 0.25) is 11.8 Å². The van der Waals surface area contributed by atoms with Gasteiger partial charge in [-0.15, -0.1) is 6.58 Å². The van der Waals surface area contributed by atoms with Crippen LogP contribution in [0.4, 0.5) is 0 Å². The van der Waals surface area contributed by atoms with Crippen LogP contribution >= 0.6 is 0 Å². The molecule has 2 aromatic rings. The van der Waals surface area contributed by atoms with Crippen LogP contribution in [-0.2, 0) is 27.4 Å². The van der Waals surface area contributed by atoms with Gasteiger partial charge >= 0.3 is 0 Å². The summed E-state index contributed by atoms with van der Waals surface area (Å²) in [7, 11) is 0. The number of benzene rings is 1. The zero-order valence-electron chi connectivity index (χ0n) is 19.3. The normalized spacial score (nSPS) is 24.6. The lowest BCUT2D eigenvalue weighted by molar-refractivity contribution is -0.697. The number of rotatable bonds is 10. The number of aryl methyl sites for hydroxylation is 1. The number of likely N-dealkylation sites (tertiary alicyclic amines) is 1.